The van der Waals surface area contributed by atoms with E-state index in [0.29, 0.717) is 6.07 Å². The molecule has 0 spiro atoms. The quantitative estimate of drug-likeness (QED) is 0.550. The van der Waals surface area contributed by atoms with Crippen molar-refractivity contribution in [2.24, 2.45) is 5.92 Å². The molecule has 33 heavy (non-hydrogen) atoms. The van der Waals surface area contributed by atoms with Gasteiger partial charge in [0.15, 0.2) is 0 Å². The zero-order chi connectivity index (χ0) is 23.6. The summed E-state index contributed by atoms with van der Waals surface area (Å²) in [6.07, 6.45) is 0.477. The highest BCUT2D eigenvalue weighted by atomic mass is 32.2. The second-order valence-corrected chi connectivity index (χ2v) is 10.6. The monoisotopic (exact) mass is 494 g/mol. The molecule has 0 saturated carbocycles. The minimum absolute atomic E-state index is 0.0105. The van der Waals surface area contributed by atoms with Crippen LogP contribution in [0.1, 0.15) is 29.3 Å². The molecule has 0 unspecified atom stereocenters. The molecule has 1 fully saturated rings. The van der Waals surface area contributed by atoms with Crippen molar-refractivity contribution in [3.8, 4) is 0 Å². The number of nitrogens with one attached hydrogen (secondary N) is 1. The number of carbonyl (C=O) groups is 1. The van der Waals surface area contributed by atoms with Crippen molar-refractivity contribution in [2.75, 3.05) is 13.1 Å². The molecule has 1 aliphatic heterocycles. The Morgan fingerprint density at radius 1 is 1.00 bits per heavy atom. The van der Waals surface area contributed by atoms with Gasteiger partial charge in [0.25, 0.3) is 0 Å². The summed E-state index contributed by atoms with van der Waals surface area (Å²) in [6, 6.07) is 11.5. The Morgan fingerprint density at radius 3 is 2.30 bits per heavy atom. The molecule has 1 aliphatic rings. The van der Waals surface area contributed by atoms with Gasteiger partial charge >= 0.3 is 0 Å². The van der Waals surface area contributed by atoms with E-state index in [9.17, 15) is 26.4 Å². The van der Waals surface area contributed by atoms with Gasteiger partial charge in [0.2, 0.25) is 15.9 Å². The number of rotatable bonds is 6. The number of sulfonamides is 1. The summed E-state index contributed by atoms with van der Waals surface area (Å²) in [6.45, 7) is 0.0210. The van der Waals surface area contributed by atoms with E-state index in [1.54, 1.807) is 12.1 Å². The molecule has 1 amide bonds. The summed E-state index contributed by atoms with van der Waals surface area (Å²) in [5.41, 5.74) is 0.730. The van der Waals surface area contributed by atoms with E-state index in [1.807, 2.05) is 17.5 Å². The van der Waals surface area contributed by atoms with E-state index >= 15 is 0 Å². The number of hydrogen-bond acceptors (Lipinski definition) is 4. The van der Waals surface area contributed by atoms with Crippen LogP contribution in [0, 0.1) is 23.4 Å². The predicted molar refractivity (Wildman–Crippen MR) is 119 cm³/mol. The lowest BCUT2D eigenvalue weighted by molar-refractivity contribution is -0.126. The first-order chi connectivity index (χ1) is 15.8. The van der Waals surface area contributed by atoms with E-state index in [-0.39, 0.29) is 37.7 Å². The molecule has 1 aromatic heterocycles. The number of hydrogen-bond donors (Lipinski definition) is 1. The standard InChI is InChI=1S/C23H21F3N2O3S2/c24-17-5-3-15(4-6-17)22(20-2-1-13-32-20)27-23(29)16-9-11-28(12-10-16)33(30,31)21-14-18(25)7-8-19(21)26/h1-8,13-14,16,22H,9-12H2,(H,27,29)/t22-/m0/s1. The molecule has 0 bridgehead atoms. The van der Waals surface area contributed by atoms with Crippen molar-refractivity contribution < 1.29 is 26.4 Å². The van der Waals surface area contributed by atoms with Crippen molar-refractivity contribution in [3.63, 3.8) is 0 Å². The van der Waals surface area contributed by atoms with E-state index in [0.717, 1.165) is 26.9 Å². The smallest absolute Gasteiger partial charge is 0.246 e. The topological polar surface area (TPSA) is 66.5 Å². The van der Waals surface area contributed by atoms with Crippen molar-refractivity contribution in [3.05, 3.63) is 87.9 Å². The van der Waals surface area contributed by atoms with Crippen LogP contribution in [0.5, 0.6) is 0 Å². The zero-order valence-corrected chi connectivity index (χ0v) is 19.0. The predicted octanol–water partition coefficient (Wildman–Crippen LogP) is 4.47. The lowest BCUT2D eigenvalue weighted by Crippen LogP contribution is -2.43. The average Bonchev–Trinajstić information content (AvgIpc) is 3.34. The first kappa shape index (κ1) is 23.5. The highest BCUT2D eigenvalue weighted by molar-refractivity contribution is 7.89. The third-order valence-corrected chi connectivity index (χ3v) is 8.50. The zero-order valence-electron chi connectivity index (χ0n) is 17.4. The molecular formula is C23H21F3N2O3S2. The number of carbonyl (C=O) groups excluding carboxylic acids is 1. The first-order valence-corrected chi connectivity index (χ1v) is 12.6. The molecule has 174 valence electrons. The van der Waals surface area contributed by atoms with Gasteiger partial charge in [-0.05, 0) is 60.2 Å². The molecule has 1 atom stereocenters. The van der Waals surface area contributed by atoms with Gasteiger partial charge in [0.1, 0.15) is 22.3 Å². The Labute approximate surface area is 193 Å². The van der Waals surface area contributed by atoms with Crippen molar-refractivity contribution in [2.45, 2.75) is 23.8 Å². The summed E-state index contributed by atoms with van der Waals surface area (Å²) in [5, 5.41) is 4.88. The fourth-order valence-corrected chi connectivity index (χ4v) is 6.21. The number of amides is 1. The van der Waals surface area contributed by atoms with Gasteiger partial charge in [-0.3, -0.25) is 4.79 Å². The van der Waals surface area contributed by atoms with Crippen LogP contribution in [0.3, 0.4) is 0 Å². The Hall–Kier alpha value is -2.69. The van der Waals surface area contributed by atoms with Crippen LogP contribution in [0.15, 0.2) is 64.9 Å². The van der Waals surface area contributed by atoms with Gasteiger partial charge in [-0.2, -0.15) is 4.31 Å². The fraction of sp³-hybridized carbons (Fsp3) is 0.261. The Morgan fingerprint density at radius 2 is 1.67 bits per heavy atom. The van der Waals surface area contributed by atoms with Crippen LogP contribution in [0.25, 0.3) is 0 Å². The molecule has 0 radical (unpaired) electrons. The molecule has 1 N–H and O–H groups in total. The minimum Gasteiger partial charge on any atom is -0.344 e. The van der Waals surface area contributed by atoms with Crippen LogP contribution >= 0.6 is 11.3 Å². The first-order valence-electron chi connectivity index (χ1n) is 10.3. The number of thiophene rings is 1. The second-order valence-electron chi connectivity index (χ2n) is 7.76. The molecule has 1 saturated heterocycles. The van der Waals surface area contributed by atoms with Crippen LogP contribution in [-0.4, -0.2) is 31.7 Å². The summed E-state index contributed by atoms with van der Waals surface area (Å²) in [5.74, 6) is -2.93. The van der Waals surface area contributed by atoms with Gasteiger partial charge in [0.05, 0.1) is 6.04 Å². The lowest BCUT2D eigenvalue weighted by atomic mass is 9.96. The Kier molecular flexibility index (Phi) is 6.87. The molecule has 0 aliphatic carbocycles. The lowest BCUT2D eigenvalue weighted by Gasteiger charge is -2.31. The maximum Gasteiger partial charge on any atom is 0.246 e. The van der Waals surface area contributed by atoms with Crippen molar-refractivity contribution in [1.82, 2.24) is 9.62 Å². The summed E-state index contributed by atoms with van der Waals surface area (Å²) < 4.78 is 67.5. The average molecular weight is 495 g/mol. The number of nitrogens with zero attached hydrogens (tertiary/aromatic N) is 1. The van der Waals surface area contributed by atoms with Gasteiger partial charge in [0, 0.05) is 23.9 Å². The highest BCUT2D eigenvalue weighted by Crippen LogP contribution is 2.29. The number of benzene rings is 2. The summed E-state index contributed by atoms with van der Waals surface area (Å²) in [7, 11) is -4.22. The van der Waals surface area contributed by atoms with E-state index in [1.165, 1.54) is 23.5 Å². The second kappa shape index (κ2) is 9.66. The third-order valence-electron chi connectivity index (χ3n) is 5.65. The maximum atomic E-state index is 14.0. The van der Waals surface area contributed by atoms with Crippen LogP contribution in [0.4, 0.5) is 13.2 Å². The highest BCUT2D eigenvalue weighted by Gasteiger charge is 2.34. The SMILES string of the molecule is O=C(N[C@@H](c1ccc(F)cc1)c1cccs1)C1CCN(S(=O)(=O)c2cc(F)ccc2F)CC1. The molecular weight excluding hydrogens is 473 g/mol. The maximum absolute atomic E-state index is 14.0. The van der Waals surface area contributed by atoms with Crippen molar-refractivity contribution in [1.29, 1.82) is 0 Å². The van der Waals surface area contributed by atoms with Crippen LogP contribution in [0.2, 0.25) is 0 Å². The largest absolute Gasteiger partial charge is 0.344 e. The van der Waals surface area contributed by atoms with Crippen LogP contribution < -0.4 is 5.32 Å². The molecule has 10 heteroatoms. The Bertz CT molecular complexity index is 1220. The summed E-state index contributed by atoms with van der Waals surface area (Å²) in [4.78, 5) is 13.2. The number of halogens is 3. The van der Waals surface area contributed by atoms with E-state index in [4.69, 9.17) is 0 Å². The molecule has 2 heterocycles. The van der Waals surface area contributed by atoms with Gasteiger partial charge in [-0.25, -0.2) is 21.6 Å². The molecule has 5 nitrogen and oxygen atoms in total. The number of piperidine rings is 1. The normalized spacial score (nSPS) is 16.5. The van der Waals surface area contributed by atoms with Crippen molar-refractivity contribution >= 4 is 27.3 Å². The van der Waals surface area contributed by atoms with Crippen LogP contribution in [-0.2, 0) is 14.8 Å². The molecule has 4 rings (SSSR count). The minimum atomic E-state index is -4.22. The fourth-order valence-electron chi connectivity index (χ4n) is 3.86. The Balaban J connectivity index is 1.45. The van der Waals surface area contributed by atoms with Gasteiger partial charge in [-0.15, -0.1) is 11.3 Å². The van der Waals surface area contributed by atoms with E-state index < -0.39 is 38.5 Å². The van der Waals surface area contributed by atoms with Gasteiger partial charge < -0.3 is 5.32 Å². The van der Waals surface area contributed by atoms with Gasteiger partial charge in [-0.1, -0.05) is 18.2 Å². The third kappa shape index (κ3) is 5.13. The molecule has 3 aromatic rings. The summed E-state index contributed by atoms with van der Waals surface area (Å²) >= 11 is 1.46. The van der Waals surface area contributed by atoms with E-state index in [2.05, 4.69) is 5.32 Å². The molecule has 2 aromatic carbocycles.